The molecule has 148 valence electrons. The van der Waals surface area contributed by atoms with Gasteiger partial charge in [0.1, 0.15) is 5.75 Å². The van der Waals surface area contributed by atoms with E-state index < -0.39 is 0 Å². The summed E-state index contributed by atoms with van der Waals surface area (Å²) in [5.41, 5.74) is 1.85. The summed E-state index contributed by atoms with van der Waals surface area (Å²) in [6.07, 6.45) is 1.97. The van der Waals surface area contributed by atoms with Gasteiger partial charge in [0.25, 0.3) is 5.91 Å². The Labute approximate surface area is 166 Å². The second-order valence-corrected chi connectivity index (χ2v) is 7.16. The van der Waals surface area contributed by atoms with Gasteiger partial charge in [-0.25, -0.2) is 0 Å². The highest BCUT2D eigenvalue weighted by atomic mass is 16.5. The van der Waals surface area contributed by atoms with Gasteiger partial charge in [0.2, 0.25) is 5.91 Å². The normalized spacial score (nSPS) is 14.5. The molecule has 1 heterocycles. The maximum Gasteiger partial charge on any atom is 0.253 e. The van der Waals surface area contributed by atoms with E-state index in [9.17, 15) is 9.59 Å². The molecule has 0 N–H and O–H groups in total. The Kier molecular flexibility index (Phi) is 7.06. The summed E-state index contributed by atoms with van der Waals surface area (Å²) < 4.78 is 5.65. The van der Waals surface area contributed by atoms with Gasteiger partial charge in [-0.05, 0) is 44.0 Å². The summed E-state index contributed by atoms with van der Waals surface area (Å²) in [6.45, 7) is 5.11. The fourth-order valence-electron chi connectivity index (χ4n) is 3.34. The van der Waals surface area contributed by atoms with Crippen molar-refractivity contribution in [3.63, 3.8) is 0 Å². The molecule has 0 radical (unpaired) electrons. The molecular formula is C23H28N2O3. The van der Waals surface area contributed by atoms with Crippen molar-refractivity contribution in [1.82, 2.24) is 9.80 Å². The maximum absolute atomic E-state index is 12.7. The Morgan fingerprint density at radius 2 is 1.57 bits per heavy atom. The third-order valence-electron chi connectivity index (χ3n) is 4.98. The van der Waals surface area contributed by atoms with E-state index in [1.165, 1.54) is 0 Å². The van der Waals surface area contributed by atoms with Crippen molar-refractivity contribution in [3.8, 4) is 5.75 Å². The first-order chi connectivity index (χ1) is 13.6. The second-order valence-electron chi connectivity index (χ2n) is 7.16. The Morgan fingerprint density at radius 1 is 0.893 bits per heavy atom. The molecule has 0 spiro atoms. The number of nitrogens with zero attached hydrogens (tertiary/aromatic N) is 2. The molecule has 2 aromatic rings. The molecule has 2 aromatic carbocycles. The summed E-state index contributed by atoms with van der Waals surface area (Å²) >= 11 is 0. The molecule has 0 unspecified atom stereocenters. The third-order valence-corrected chi connectivity index (χ3v) is 4.98. The van der Waals surface area contributed by atoms with E-state index in [1.807, 2.05) is 71.3 Å². The fraction of sp³-hybridized carbons (Fsp3) is 0.391. The highest BCUT2D eigenvalue weighted by Crippen LogP contribution is 2.12. The molecule has 0 saturated carbocycles. The van der Waals surface area contributed by atoms with Gasteiger partial charge >= 0.3 is 0 Å². The number of aryl methyl sites for hydroxylation is 1. The van der Waals surface area contributed by atoms with Crippen LogP contribution in [-0.2, 0) is 4.79 Å². The molecule has 1 fully saturated rings. The summed E-state index contributed by atoms with van der Waals surface area (Å²) in [6, 6.07) is 17.3. The summed E-state index contributed by atoms with van der Waals surface area (Å²) in [4.78, 5) is 28.9. The predicted octanol–water partition coefficient (Wildman–Crippen LogP) is 3.53. The largest absolute Gasteiger partial charge is 0.494 e. The molecule has 2 amide bonds. The molecule has 28 heavy (non-hydrogen) atoms. The number of carbonyl (C=O) groups excluding carboxylic acids is 2. The lowest BCUT2D eigenvalue weighted by Gasteiger charge is -2.22. The van der Waals surface area contributed by atoms with Gasteiger partial charge in [-0.1, -0.05) is 35.9 Å². The number of para-hydroxylation sites is 1. The van der Waals surface area contributed by atoms with Crippen molar-refractivity contribution >= 4 is 11.8 Å². The number of amides is 2. The van der Waals surface area contributed by atoms with Crippen LogP contribution in [0, 0.1) is 6.92 Å². The minimum atomic E-state index is 0.0468. The molecule has 3 rings (SSSR count). The van der Waals surface area contributed by atoms with Crippen LogP contribution >= 0.6 is 0 Å². The van der Waals surface area contributed by atoms with E-state index in [0.29, 0.717) is 51.2 Å². The monoisotopic (exact) mass is 380 g/mol. The topological polar surface area (TPSA) is 49.9 Å². The highest BCUT2D eigenvalue weighted by molar-refractivity contribution is 5.94. The Balaban J connectivity index is 1.43. The van der Waals surface area contributed by atoms with Crippen molar-refractivity contribution in [2.24, 2.45) is 0 Å². The fourth-order valence-corrected chi connectivity index (χ4v) is 3.34. The van der Waals surface area contributed by atoms with Gasteiger partial charge in [0, 0.05) is 38.2 Å². The molecule has 1 saturated heterocycles. The molecule has 0 aliphatic carbocycles. The molecular weight excluding hydrogens is 352 g/mol. The van der Waals surface area contributed by atoms with E-state index in [0.717, 1.165) is 17.7 Å². The van der Waals surface area contributed by atoms with Crippen LogP contribution in [0.25, 0.3) is 0 Å². The van der Waals surface area contributed by atoms with Gasteiger partial charge in [0.15, 0.2) is 0 Å². The maximum atomic E-state index is 12.7. The van der Waals surface area contributed by atoms with E-state index in [4.69, 9.17) is 4.74 Å². The number of benzene rings is 2. The SMILES string of the molecule is Cc1ccc(C(=O)N2CCCN(C(=O)CCCOc3ccccc3)CC2)cc1. The number of rotatable bonds is 6. The van der Waals surface area contributed by atoms with Gasteiger partial charge in [-0.3, -0.25) is 9.59 Å². The Morgan fingerprint density at radius 3 is 2.32 bits per heavy atom. The number of hydrogen-bond acceptors (Lipinski definition) is 3. The lowest BCUT2D eigenvalue weighted by atomic mass is 10.1. The number of hydrogen-bond donors (Lipinski definition) is 0. The van der Waals surface area contributed by atoms with E-state index in [1.54, 1.807) is 0 Å². The van der Waals surface area contributed by atoms with Crippen LogP contribution < -0.4 is 4.74 Å². The molecule has 0 aromatic heterocycles. The molecule has 0 bridgehead atoms. The van der Waals surface area contributed by atoms with Crippen LogP contribution in [0.1, 0.15) is 35.2 Å². The van der Waals surface area contributed by atoms with Crippen LogP contribution in [0.2, 0.25) is 0 Å². The first-order valence-electron chi connectivity index (χ1n) is 9.95. The first kappa shape index (κ1) is 19.9. The number of ether oxygens (including phenoxy) is 1. The summed E-state index contributed by atoms with van der Waals surface area (Å²) in [7, 11) is 0. The third kappa shape index (κ3) is 5.59. The van der Waals surface area contributed by atoms with E-state index in [2.05, 4.69) is 0 Å². The lowest BCUT2D eigenvalue weighted by Crippen LogP contribution is -2.37. The van der Waals surface area contributed by atoms with E-state index in [-0.39, 0.29) is 11.8 Å². The zero-order chi connectivity index (χ0) is 19.8. The van der Waals surface area contributed by atoms with Gasteiger partial charge in [-0.15, -0.1) is 0 Å². The Hall–Kier alpha value is -2.82. The van der Waals surface area contributed by atoms with Crippen LogP contribution in [0.4, 0.5) is 0 Å². The zero-order valence-corrected chi connectivity index (χ0v) is 16.5. The van der Waals surface area contributed by atoms with Gasteiger partial charge in [0.05, 0.1) is 6.61 Å². The quantitative estimate of drug-likeness (QED) is 0.721. The van der Waals surface area contributed by atoms with Crippen LogP contribution in [0.15, 0.2) is 54.6 Å². The van der Waals surface area contributed by atoms with Crippen LogP contribution in [0.5, 0.6) is 5.75 Å². The summed E-state index contributed by atoms with van der Waals surface area (Å²) in [5, 5.41) is 0. The van der Waals surface area contributed by atoms with E-state index >= 15 is 0 Å². The standard InChI is InChI=1S/C23H28N2O3/c1-19-10-12-20(13-11-19)23(27)25-15-6-14-24(16-17-25)22(26)9-5-18-28-21-7-3-2-4-8-21/h2-4,7-8,10-13H,5-6,9,14-18H2,1H3. The smallest absolute Gasteiger partial charge is 0.253 e. The first-order valence-corrected chi connectivity index (χ1v) is 9.95. The number of carbonyl (C=O) groups is 2. The molecule has 5 nitrogen and oxygen atoms in total. The minimum absolute atomic E-state index is 0.0468. The predicted molar refractivity (Wildman–Crippen MR) is 109 cm³/mol. The lowest BCUT2D eigenvalue weighted by molar-refractivity contribution is -0.131. The molecule has 0 atom stereocenters. The summed E-state index contributed by atoms with van der Waals surface area (Å²) in [5.74, 6) is 1.02. The van der Waals surface area contributed by atoms with Crippen LogP contribution in [-0.4, -0.2) is 54.4 Å². The van der Waals surface area contributed by atoms with Crippen molar-refractivity contribution in [3.05, 3.63) is 65.7 Å². The minimum Gasteiger partial charge on any atom is -0.494 e. The molecule has 5 heteroatoms. The van der Waals surface area contributed by atoms with Crippen LogP contribution in [0.3, 0.4) is 0 Å². The van der Waals surface area contributed by atoms with Crippen molar-refractivity contribution < 1.29 is 14.3 Å². The van der Waals surface area contributed by atoms with Crippen molar-refractivity contribution in [2.75, 3.05) is 32.8 Å². The van der Waals surface area contributed by atoms with Crippen molar-refractivity contribution in [1.29, 1.82) is 0 Å². The van der Waals surface area contributed by atoms with Gasteiger partial charge in [-0.2, -0.15) is 0 Å². The highest BCUT2D eigenvalue weighted by Gasteiger charge is 2.22. The van der Waals surface area contributed by atoms with Gasteiger partial charge < -0.3 is 14.5 Å². The average Bonchev–Trinajstić information content (AvgIpc) is 2.98. The molecule has 1 aliphatic heterocycles. The average molecular weight is 380 g/mol. The zero-order valence-electron chi connectivity index (χ0n) is 16.5. The molecule has 1 aliphatic rings. The Bertz CT molecular complexity index is 774. The van der Waals surface area contributed by atoms with Crippen molar-refractivity contribution in [2.45, 2.75) is 26.2 Å². The second kappa shape index (κ2) is 9.93.